The van der Waals surface area contributed by atoms with E-state index < -0.39 is 5.97 Å². The molecule has 1 aliphatic heterocycles. The SMILES string of the molecule is CC1(C)CCCN(C(=O)c2nc(C(=O)O)cs2)C1. The van der Waals surface area contributed by atoms with Gasteiger partial charge in [-0.2, -0.15) is 0 Å². The van der Waals surface area contributed by atoms with Gasteiger partial charge in [-0.3, -0.25) is 4.79 Å². The zero-order valence-electron chi connectivity index (χ0n) is 10.5. The summed E-state index contributed by atoms with van der Waals surface area (Å²) < 4.78 is 0. The van der Waals surface area contributed by atoms with Gasteiger partial charge < -0.3 is 10.0 Å². The van der Waals surface area contributed by atoms with Gasteiger partial charge in [-0.25, -0.2) is 9.78 Å². The predicted octanol–water partition coefficient (Wildman–Crippen LogP) is 2.10. The van der Waals surface area contributed by atoms with Crippen molar-refractivity contribution in [3.8, 4) is 0 Å². The number of carboxylic acid groups (broad SMARTS) is 1. The van der Waals surface area contributed by atoms with Gasteiger partial charge in [-0.05, 0) is 18.3 Å². The Morgan fingerprint density at radius 1 is 1.50 bits per heavy atom. The van der Waals surface area contributed by atoms with Gasteiger partial charge in [0.05, 0.1) is 0 Å². The lowest BCUT2D eigenvalue weighted by Crippen LogP contribution is -2.43. The molecule has 5 nitrogen and oxygen atoms in total. The fourth-order valence-corrected chi connectivity index (χ4v) is 2.96. The Morgan fingerprint density at radius 3 is 2.78 bits per heavy atom. The first-order chi connectivity index (χ1) is 8.39. The van der Waals surface area contributed by atoms with Gasteiger partial charge in [0.2, 0.25) is 0 Å². The minimum Gasteiger partial charge on any atom is -0.476 e. The summed E-state index contributed by atoms with van der Waals surface area (Å²) >= 11 is 1.10. The minimum atomic E-state index is -1.09. The average molecular weight is 268 g/mol. The van der Waals surface area contributed by atoms with E-state index in [1.165, 1.54) is 5.38 Å². The molecule has 18 heavy (non-hydrogen) atoms. The largest absolute Gasteiger partial charge is 0.476 e. The summed E-state index contributed by atoms with van der Waals surface area (Å²) in [4.78, 5) is 28.6. The molecule has 0 aliphatic carbocycles. The average Bonchev–Trinajstić information content (AvgIpc) is 2.76. The Labute approximate surface area is 109 Å². The Kier molecular flexibility index (Phi) is 3.38. The van der Waals surface area contributed by atoms with Crippen molar-refractivity contribution < 1.29 is 14.7 Å². The third-order valence-corrected chi connectivity index (χ3v) is 3.92. The molecule has 0 radical (unpaired) electrons. The van der Waals surface area contributed by atoms with Crippen LogP contribution >= 0.6 is 11.3 Å². The Morgan fingerprint density at radius 2 is 2.22 bits per heavy atom. The summed E-state index contributed by atoms with van der Waals surface area (Å²) in [5.74, 6) is -1.25. The van der Waals surface area contributed by atoms with E-state index in [2.05, 4.69) is 18.8 Å². The molecule has 98 valence electrons. The minimum absolute atomic E-state index is 0.0559. The smallest absolute Gasteiger partial charge is 0.355 e. The molecule has 1 aromatic rings. The van der Waals surface area contributed by atoms with Crippen molar-refractivity contribution in [1.29, 1.82) is 0 Å². The van der Waals surface area contributed by atoms with Gasteiger partial charge in [0, 0.05) is 18.5 Å². The molecule has 1 saturated heterocycles. The van der Waals surface area contributed by atoms with Crippen molar-refractivity contribution in [2.45, 2.75) is 26.7 Å². The first-order valence-corrected chi connectivity index (χ1v) is 6.75. The lowest BCUT2D eigenvalue weighted by Gasteiger charge is -2.37. The molecule has 2 heterocycles. The molecule has 1 N–H and O–H groups in total. The summed E-state index contributed by atoms with van der Waals surface area (Å²) in [5, 5.41) is 10.5. The molecule has 0 bridgehead atoms. The zero-order valence-corrected chi connectivity index (χ0v) is 11.3. The van der Waals surface area contributed by atoms with E-state index in [9.17, 15) is 9.59 Å². The van der Waals surface area contributed by atoms with E-state index in [1.807, 2.05) is 0 Å². The van der Waals surface area contributed by atoms with Gasteiger partial charge in [-0.1, -0.05) is 13.8 Å². The standard InChI is InChI=1S/C12H16N2O3S/c1-12(2)4-3-5-14(7-12)10(15)9-13-8(6-18-9)11(16)17/h6H,3-5,7H2,1-2H3,(H,16,17). The summed E-state index contributed by atoms with van der Waals surface area (Å²) in [7, 11) is 0. The van der Waals surface area contributed by atoms with Crippen LogP contribution in [0.1, 0.15) is 47.0 Å². The second-order valence-corrected chi connectivity index (χ2v) is 6.20. The highest BCUT2D eigenvalue weighted by Crippen LogP contribution is 2.29. The number of amides is 1. The highest BCUT2D eigenvalue weighted by atomic mass is 32.1. The number of nitrogens with zero attached hydrogens (tertiary/aromatic N) is 2. The van der Waals surface area contributed by atoms with Crippen molar-refractivity contribution in [3.05, 3.63) is 16.1 Å². The first kappa shape index (κ1) is 13.0. The first-order valence-electron chi connectivity index (χ1n) is 5.87. The van der Waals surface area contributed by atoms with Crippen LogP contribution in [0, 0.1) is 5.41 Å². The fourth-order valence-electron chi connectivity index (χ4n) is 2.20. The van der Waals surface area contributed by atoms with Gasteiger partial charge in [0.15, 0.2) is 10.7 Å². The van der Waals surface area contributed by atoms with Crippen LogP contribution in [0.25, 0.3) is 0 Å². The van der Waals surface area contributed by atoms with E-state index in [0.29, 0.717) is 6.54 Å². The Bertz CT molecular complexity index is 481. The number of hydrogen-bond donors (Lipinski definition) is 1. The van der Waals surface area contributed by atoms with Crippen LogP contribution in [-0.4, -0.2) is 40.0 Å². The third kappa shape index (κ3) is 2.69. The van der Waals surface area contributed by atoms with Crippen LogP contribution in [0.3, 0.4) is 0 Å². The maximum absolute atomic E-state index is 12.2. The van der Waals surface area contributed by atoms with Gasteiger partial charge >= 0.3 is 5.97 Å². The number of carboxylic acids is 1. The molecule has 0 atom stereocenters. The van der Waals surface area contributed by atoms with E-state index in [-0.39, 0.29) is 22.0 Å². The van der Waals surface area contributed by atoms with Crippen LogP contribution < -0.4 is 0 Å². The van der Waals surface area contributed by atoms with Crippen molar-refractivity contribution in [2.24, 2.45) is 5.41 Å². The number of aromatic nitrogens is 1. The van der Waals surface area contributed by atoms with E-state index in [0.717, 1.165) is 30.7 Å². The molecule has 2 rings (SSSR count). The summed E-state index contributed by atoms with van der Waals surface area (Å²) in [5.41, 5.74) is 0.0699. The van der Waals surface area contributed by atoms with E-state index in [1.54, 1.807) is 4.90 Å². The molecule has 1 aliphatic rings. The lowest BCUT2D eigenvalue weighted by atomic mass is 9.84. The molecule has 0 saturated carbocycles. The monoisotopic (exact) mass is 268 g/mol. The molecule has 0 spiro atoms. The highest BCUT2D eigenvalue weighted by Gasteiger charge is 2.30. The van der Waals surface area contributed by atoms with Gasteiger partial charge in [0.25, 0.3) is 5.91 Å². The normalized spacial score (nSPS) is 18.7. The molecule has 0 aromatic carbocycles. The maximum atomic E-state index is 12.2. The van der Waals surface area contributed by atoms with Crippen LogP contribution in [0.5, 0.6) is 0 Å². The van der Waals surface area contributed by atoms with Crippen LogP contribution in [0.2, 0.25) is 0 Å². The summed E-state index contributed by atoms with van der Waals surface area (Å²) in [6.07, 6.45) is 2.09. The van der Waals surface area contributed by atoms with Crippen LogP contribution in [0.15, 0.2) is 5.38 Å². The third-order valence-electron chi connectivity index (χ3n) is 3.09. The van der Waals surface area contributed by atoms with Crippen LogP contribution in [0.4, 0.5) is 0 Å². The quantitative estimate of drug-likeness (QED) is 0.891. The molecule has 1 fully saturated rings. The van der Waals surface area contributed by atoms with Gasteiger partial charge in [0.1, 0.15) is 0 Å². The second kappa shape index (κ2) is 4.68. The summed E-state index contributed by atoms with van der Waals surface area (Å²) in [6.45, 7) is 5.70. The molecular weight excluding hydrogens is 252 g/mol. The number of thiazole rings is 1. The highest BCUT2D eigenvalue weighted by molar-refractivity contribution is 7.11. The Balaban J connectivity index is 2.13. The topological polar surface area (TPSA) is 70.5 Å². The fraction of sp³-hybridized carbons (Fsp3) is 0.583. The number of rotatable bonds is 2. The van der Waals surface area contributed by atoms with Crippen LogP contribution in [-0.2, 0) is 0 Å². The summed E-state index contributed by atoms with van der Waals surface area (Å²) in [6, 6.07) is 0. The van der Waals surface area contributed by atoms with E-state index >= 15 is 0 Å². The molecular formula is C12H16N2O3S. The van der Waals surface area contributed by atoms with Crippen molar-refractivity contribution in [1.82, 2.24) is 9.88 Å². The molecule has 6 heteroatoms. The molecule has 1 amide bonds. The molecule has 0 unspecified atom stereocenters. The molecule has 1 aromatic heterocycles. The van der Waals surface area contributed by atoms with Gasteiger partial charge in [-0.15, -0.1) is 11.3 Å². The second-order valence-electron chi connectivity index (χ2n) is 5.34. The number of piperidine rings is 1. The number of likely N-dealkylation sites (tertiary alicyclic amines) is 1. The number of carbonyl (C=O) groups is 2. The van der Waals surface area contributed by atoms with Crippen molar-refractivity contribution >= 4 is 23.2 Å². The zero-order chi connectivity index (χ0) is 13.3. The number of aromatic carboxylic acids is 1. The lowest BCUT2D eigenvalue weighted by molar-refractivity contribution is 0.0582. The Hall–Kier alpha value is -1.43. The predicted molar refractivity (Wildman–Crippen MR) is 68.0 cm³/mol. The maximum Gasteiger partial charge on any atom is 0.355 e. The number of carbonyl (C=O) groups excluding carboxylic acids is 1. The van der Waals surface area contributed by atoms with Crippen molar-refractivity contribution in [2.75, 3.05) is 13.1 Å². The van der Waals surface area contributed by atoms with Crippen molar-refractivity contribution in [3.63, 3.8) is 0 Å². The number of hydrogen-bond acceptors (Lipinski definition) is 4. The van der Waals surface area contributed by atoms with E-state index in [4.69, 9.17) is 5.11 Å².